The van der Waals surface area contributed by atoms with Crippen molar-refractivity contribution >= 4 is 48.6 Å². The van der Waals surface area contributed by atoms with Gasteiger partial charge in [-0.05, 0) is 55.4 Å². The van der Waals surface area contributed by atoms with Gasteiger partial charge in [-0.2, -0.15) is 0 Å². The minimum absolute atomic E-state index is 0.454. The Morgan fingerprint density at radius 3 is 2.68 bits per heavy atom. The van der Waals surface area contributed by atoms with Crippen LogP contribution in [0.25, 0.3) is 10.8 Å². The van der Waals surface area contributed by atoms with Gasteiger partial charge in [0.2, 0.25) is 0 Å². The number of rotatable bonds is 3. The Morgan fingerprint density at radius 2 is 1.95 bits per heavy atom. The summed E-state index contributed by atoms with van der Waals surface area (Å²) >= 11 is 6.92. The Labute approximate surface area is 127 Å². The lowest BCUT2D eigenvalue weighted by Crippen LogP contribution is -1.95. The summed E-state index contributed by atoms with van der Waals surface area (Å²) in [5.74, 6) is 0.218. The minimum Gasteiger partial charge on any atom is -0.466 e. The average Bonchev–Trinajstić information content (AvgIpc) is 2.40. The van der Waals surface area contributed by atoms with Crippen molar-refractivity contribution in [2.24, 2.45) is 0 Å². The maximum atomic E-state index is 11.0. The highest BCUT2D eigenvalue weighted by atomic mass is 79.9. The maximum absolute atomic E-state index is 11.0. The van der Waals surface area contributed by atoms with Gasteiger partial charge in [-0.3, -0.25) is 0 Å². The molecule has 0 fully saturated rings. The molecule has 0 unspecified atom stereocenters. The number of carbonyl (C=O) groups is 1. The van der Waals surface area contributed by atoms with E-state index in [1.807, 2.05) is 30.3 Å². The van der Waals surface area contributed by atoms with E-state index in [1.54, 1.807) is 0 Å². The fourth-order valence-electron chi connectivity index (χ4n) is 1.58. The first-order chi connectivity index (χ1) is 9.11. The average molecular weight is 386 g/mol. The van der Waals surface area contributed by atoms with E-state index in [0.717, 1.165) is 19.7 Å². The van der Waals surface area contributed by atoms with Crippen molar-refractivity contribution < 1.29 is 14.3 Å². The van der Waals surface area contributed by atoms with Gasteiger partial charge in [0, 0.05) is 14.3 Å². The first kappa shape index (κ1) is 14.1. The summed E-state index contributed by atoms with van der Waals surface area (Å²) in [6.45, 7) is 0. The van der Waals surface area contributed by atoms with Gasteiger partial charge < -0.3 is 9.47 Å². The second-order valence-electron chi connectivity index (χ2n) is 3.69. The first-order valence-electron chi connectivity index (χ1n) is 5.41. The number of hydrogen-bond acceptors (Lipinski definition) is 3. The smallest absolute Gasteiger partial charge is 0.333 e. The van der Waals surface area contributed by atoms with Gasteiger partial charge in [0.15, 0.2) is 0 Å². The van der Waals surface area contributed by atoms with Crippen LogP contribution >= 0.6 is 31.9 Å². The van der Waals surface area contributed by atoms with Crippen molar-refractivity contribution in [3.8, 4) is 5.75 Å². The molecule has 2 aromatic carbocycles. The van der Waals surface area contributed by atoms with Crippen molar-refractivity contribution in [2.45, 2.75) is 0 Å². The van der Waals surface area contributed by atoms with Crippen molar-refractivity contribution in [1.82, 2.24) is 0 Å². The summed E-state index contributed by atoms with van der Waals surface area (Å²) in [4.78, 5) is 11.0. The van der Waals surface area contributed by atoms with Crippen LogP contribution in [-0.4, -0.2) is 13.1 Å². The molecular formula is C14H10Br2O3. The third-order valence-electron chi connectivity index (χ3n) is 2.48. The summed E-state index contributed by atoms with van der Waals surface area (Å²) in [5, 5.41) is 1.99. The quantitative estimate of drug-likeness (QED) is 0.445. The highest BCUT2D eigenvalue weighted by Crippen LogP contribution is 2.33. The Hall–Kier alpha value is -1.33. The van der Waals surface area contributed by atoms with Crippen LogP contribution in [0.1, 0.15) is 0 Å². The highest BCUT2D eigenvalue weighted by molar-refractivity contribution is 9.13. The van der Waals surface area contributed by atoms with E-state index >= 15 is 0 Å². The van der Waals surface area contributed by atoms with Gasteiger partial charge in [-0.25, -0.2) is 4.79 Å². The second kappa shape index (κ2) is 6.21. The molecule has 0 bridgehead atoms. The lowest BCUT2D eigenvalue weighted by Gasteiger charge is -2.07. The van der Waals surface area contributed by atoms with Crippen LogP contribution in [-0.2, 0) is 9.53 Å². The lowest BCUT2D eigenvalue weighted by atomic mass is 10.1. The van der Waals surface area contributed by atoms with Crippen molar-refractivity contribution in [3.05, 3.63) is 51.6 Å². The van der Waals surface area contributed by atoms with Crippen molar-refractivity contribution in [3.63, 3.8) is 0 Å². The predicted molar refractivity (Wildman–Crippen MR) is 81.1 cm³/mol. The molecule has 0 aliphatic heterocycles. The Morgan fingerprint density at radius 1 is 1.21 bits per heavy atom. The van der Waals surface area contributed by atoms with Crippen LogP contribution in [0, 0.1) is 0 Å². The Balaban J connectivity index is 2.36. The van der Waals surface area contributed by atoms with Gasteiger partial charge in [-0.1, -0.05) is 12.1 Å². The molecule has 0 spiro atoms. The zero-order valence-corrected chi connectivity index (χ0v) is 13.2. The molecule has 0 aliphatic rings. The van der Waals surface area contributed by atoms with Crippen LogP contribution in [0.2, 0.25) is 0 Å². The number of methoxy groups -OCH3 is 1. The SMILES string of the molecule is COC(=O)/C=C/Oc1cccc2cc(Br)c(Br)cc12. The summed E-state index contributed by atoms with van der Waals surface area (Å²) in [7, 11) is 1.32. The van der Waals surface area contributed by atoms with E-state index in [0.29, 0.717) is 5.75 Å². The van der Waals surface area contributed by atoms with Crippen LogP contribution in [0.3, 0.4) is 0 Å². The summed E-state index contributed by atoms with van der Waals surface area (Å²) in [6, 6.07) is 9.68. The fourth-order valence-corrected chi connectivity index (χ4v) is 2.28. The zero-order chi connectivity index (χ0) is 13.8. The lowest BCUT2D eigenvalue weighted by molar-refractivity contribution is -0.134. The number of esters is 1. The zero-order valence-electron chi connectivity index (χ0n) is 10.0. The number of carbonyl (C=O) groups excluding carboxylic acids is 1. The normalized spacial score (nSPS) is 10.9. The third-order valence-corrected chi connectivity index (χ3v) is 4.33. The number of fused-ring (bicyclic) bond motifs is 1. The van der Waals surface area contributed by atoms with Gasteiger partial charge in [-0.15, -0.1) is 0 Å². The van der Waals surface area contributed by atoms with Gasteiger partial charge in [0.25, 0.3) is 0 Å². The predicted octanol–water partition coefficient (Wildman–Crippen LogP) is 4.43. The Kier molecular flexibility index (Phi) is 4.61. The molecule has 2 rings (SSSR count). The van der Waals surface area contributed by atoms with E-state index in [9.17, 15) is 4.79 Å². The molecule has 0 aliphatic carbocycles. The molecule has 0 heterocycles. The number of hydrogen-bond donors (Lipinski definition) is 0. The standard InChI is InChI=1S/C14H10Br2O3/c1-18-14(17)5-6-19-13-4-2-3-9-7-11(15)12(16)8-10(9)13/h2-8H,1H3/b6-5+. The third kappa shape index (κ3) is 3.36. The molecule has 0 amide bonds. The van der Waals surface area contributed by atoms with Crippen molar-refractivity contribution in [1.29, 1.82) is 0 Å². The number of benzene rings is 2. The Bertz CT molecular complexity index is 650. The largest absolute Gasteiger partial charge is 0.466 e. The van der Waals surface area contributed by atoms with Gasteiger partial charge >= 0.3 is 5.97 Å². The van der Waals surface area contributed by atoms with Crippen LogP contribution in [0.5, 0.6) is 5.75 Å². The molecule has 5 heteroatoms. The number of halogens is 2. The summed E-state index contributed by atoms with van der Waals surface area (Å²) < 4.78 is 11.9. The monoisotopic (exact) mass is 384 g/mol. The molecule has 0 saturated carbocycles. The summed E-state index contributed by atoms with van der Waals surface area (Å²) in [5.41, 5.74) is 0. The van der Waals surface area contributed by atoms with Crippen LogP contribution in [0.4, 0.5) is 0 Å². The molecule has 0 aromatic heterocycles. The minimum atomic E-state index is -0.454. The van der Waals surface area contributed by atoms with E-state index < -0.39 is 5.97 Å². The molecule has 3 nitrogen and oxygen atoms in total. The van der Waals surface area contributed by atoms with Crippen molar-refractivity contribution in [2.75, 3.05) is 7.11 Å². The van der Waals surface area contributed by atoms with E-state index in [-0.39, 0.29) is 0 Å². The summed E-state index contributed by atoms with van der Waals surface area (Å²) in [6.07, 6.45) is 2.54. The molecule has 0 atom stereocenters. The topological polar surface area (TPSA) is 35.5 Å². The van der Waals surface area contributed by atoms with E-state index in [2.05, 4.69) is 36.6 Å². The molecule has 2 aromatic rings. The molecule has 0 radical (unpaired) electrons. The fraction of sp³-hybridized carbons (Fsp3) is 0.0714. The number of ether oxygens (including phenoxy) is 2. The van der Waals surface area contributed by atoms with Gasteiger partial charge in [0.05, 0.1) is 19.4 Å². The molecular weight excluding hydrogens is 376 g/mol. The molecule has 98 valence electrons. The molecule has 19 heavy (non-hydrogen) atoms. The first-order valence-corrected chi connectivity index (χ1v) is 6.99. The van der Waals surface area contributed by atoms with Crippen LogP contribution in [0.15, 0.2) is 51.6 Å². The molecule has 0 saturated heterocycles. The van der Waals surface area contributed by atoms with E-state index in [4.69, 9.17) is 4.74 Å². The molecule has 0 N–H and O–H groups in total. The maximum Gasteiger partial charge on any atom is 0.333 e. The highest BCUT2D eigenvalue weighted by Gasteiger charge is 2.05. The van der Waals surface area contributed by atoms with E-state index in [1.165, 1.54) is 19.4 Å². The van der Waals surface area contributed by atoms with Gasteiger partial charge in [0.1, 0.15) is 5.75 Å². The van der Waals surface area contributed by atoms with Crippen LogP contribution < -0.4 is 4.74 Å². The second-order valence-corrected chi connectivity index (χ2v) is 5.40.